The maximum absolute atomic E-state index is 12.5. The normalized spacial score (nSPS) is 20.8. The minimum Gasteiger partial charge on any atom is -0.395 e. The summed E-state index contributed by atoms with van der Waals surface area (Å²) in [4.78, 5) is 25.9. The van der Waals surface area contributed by atoms with E-state index in [1.165, 1.54) is 0 Å². The number of hydrogen-bond donors (Lipinski definition) is 2. The van der Waals surface area contributed by atoms with E-state index in [1.54, 1.807) is 36.3 Å². The topological polar surface area (TPSA) is 103 Å². The van der Waals surface area contributed by atoms with Crippen molar-refractivity contribution in [2.45, 2.75) is 32.0 Å². The van der Waals surface area contributed by atoms with E-state index >= 15 is 0 Å². The number of piperazine rings is 1. The van der Waals surface area contributed by atoms with Gasteiger partial charge in [0.25, 0.3) is 5.56 Å². The summed E-state index contributed by atoms with van der Waals surface area (Å²) in [6, 6.07) is 7.94. The second-order valence-corrected chi connectivity index (χ2v) is 8.56. The van der Waals surface area contributed by atoms with Crippen LogP contribution in [0, 0.1) is 0 Å². The van der Waals surface area contributed by atoms with E-state index in [1.807, 2.05) is 6.07 Å². The lowest BCUT2D eigenvalue weighted by Gasteiger charge is -2.48. The molecule has 1 aliphatic heterocycles. The van der Waals surface area contributed by atoms with Gasteiger partial charge in [-0.3, -0.25) is 24.8 Å². The molecule has 0 saturated carbocycles. The van der Waals surface area contributed by atoms with Crippen LogP contribution < -0.4 is 10.5 Å². The van der Waals surface area contributed by atoms with Crippen molar-refractivity contribution in [2.24, 2.45) is 7.05 Å². The summed E-state index contributed by atoms with van der Waals surface area (Å²) in [5.74, 6) is 0. The zero-order valence-electron chi connectivity index (χ0n) is 18.4. The van der Waals surface area contributed by atoms with Crippen LogP contribution in [0.5, 0.6) is 0 Å². The van der Waals surface area contributed by atoms with Gasteiger partial charge >= 0.3 is 0 Å². The van der Waals surface area contributed by atoms with Crippen LogP contribution in [0.25, 0.3) is 22.1 Å². The number of fused-ring (bicyclic) bond motifs is 2. The zero-order chi connectivity index (χ0) is 22.4. The Bertz CT molecular complexity index is 1330. The average molecular weight is 434 g/mol. The number of nitrogens with zero attached hydrogens (tertiary/aromatic N) is 6. The minimum atomic E-state index is -0.0863. The summed E-state index contributed by atoms with van der Waals surface area (Å²) in [6.45, 7) is 5.67. The van der Waals surface area contributed by atoms with E-state index in [2.05, 4.69) is 55.9 Å². The van der Waals surface area contributed by atoms with Crippen molar-refractivity contribution in [2.75, 3.05) is 24.6 Å². The van der Waals surface area contributed by atoms with Crippen LogP contribution in [0.1, 0.15) is 25.5 Å². The van der Waals surface area contributed by atoms with Gasteiger partial charge in [-0.1, -0.05) is 6.07 Å². The Hall–Kier alpha value is -3.30. The van der Waals surface area contributed by atoms with Gasteiger partial charge in [0, 0.05) is 56.9 Å². The van der Waals surface area contributed by atoms with Crippen LogP contribution in [-0.2, 0) is 7.05 Å². The van der Waals surface area contributed by atoms with Gasteiger partial charge in [-0.15, -0.1) is 0 Å². The van der Waals surface area contributed by atoms with Gasteiger partial charge in [0.15, 0.2) is 0 Å². The summed E-state index contributed by atoms with van der Waals surface area (Å²) in [6.07, 6.45) is 5.14. The van der Waals surface area contributed by atoms with Gasteiger partial charge in [-0.2, -0.15) is 5.10 Å². The van der Waals surface area contributed by atoms with E-state index in [-0.39, 0.29) is 30.3 Å². The molecule has 3 atom stereocenters. The number of pyridine rings is 1. The minimum absolute atomic E-state index is 0.0233. The molecule has 2 N–H and O–H groups in total. The quantitative estimate of drug-likeness (QED) is 0.506. The molecule has 5 rings (SSSR count). The van der Waals surface area contributed by atoms with E-state index in [4.69, 9.17) is 0 Å². The molecular weight excluding hydrogens is 406 g/mol. The third-order valence-corrected chi connectivity index (χ3v) is 6.69. The smallest absolute Gasteiger partial charge is 0.252 e. The molecule has 0 bridgehead atoms. The first-order valence-electron chi connectivity index (χ1n) is 10.9. The molecule has 1 saturated heterocycles. The van der Waals surface area contributed by atoms with Crippen molar-refractivity contribution < 1.29 is 5.11 Å². The Morgan fingerprint density at radius 1 is 1.19 bits per heavy atom. The molecule has 3 aromatic heterocycles. The van der Waals surface area contributed by atoms with Gasteiger partial charge in [-0.05, 0) is 31.5 Å². The van der Waals surface area contributed by atoms with E-state index in [0.717, 1.165) is 39.9 Å². The lowest BCUT2D eigenvalue weighted by atomic mass is 9.99. The Balaban J connectivity index is 1.46. The predicted molar refractivity (Wildman–Crippen MR) is 124 cm³/mol. The molecule has 4 heterocycles. The Morgan fingerprint density at radius 3 is 2.75 bits per heavy atom. The van der Waals surface area contributed by atoms with Gasteiger partial charge in [0.2, 0.25) is 0 Å². The maximum Gasteiger partial charge on any atom is 0.252 e. The number of aromatic amines is 1. The highest BCUT2D eigenvalue weighted by atomic mass is 16.3. The third-order valence-electron chi connectivity index (χ3n) is 6.69. The molecule has 0 aliphatic carbocycles. The summed E-state index contributed by atoms with van der Waals surface area (Å²) in [7, 11) is 1.75. The molecular formula is C23H27N7O2. The highest BCUT2D eigenvalue weighted by molar-refractivity contribution is 5.88. The molecule has 0 radical (unpaired) electrons. The van der Waals surface area contributed by atoms with Gasteiger partial charge in [0.05, 0.1) is 34.9 Å². The van der Waals surface area contributed by atoms with Crippen LogP contribution >= 0.6 is 0 Å². The van der Waals surface area contributed by atoms with Crippen LogP contribution in [0.4, 0.5) is 5.69 Å². The first-order chi connectivity index (χ1) is 15.5. The number of rotatable bonds is 4. The first kappa shape index (κ1) is 20.6. The largest absolute Gasteiger partial charge is 0.395 e. The molecule has 1 aromatic carbocycles. The van der Waals surface area contributed by atoms with Crippen molar-refractivity contribution in [3.8, 4) is 0 Å². The van der Waals surface area contributed by atoms with Gasteiger partial charge in [0.1, 0.15) is 5.52 Å². The second-order valence-electron chi connectivity index (χ2n) is 8.56. The first-order valence-corrected chi connectivity index (χ1v) is 10.9. The number of aliphatic hydroxyl groups is 1. The third kappa shape index (κ3) is 3.34. The SMILES string of the molecule is CC(c1ccc2nccnc2c1)N1C[C@H](C)N(c2cc(=O)n(C)c3c[nH]nc23)C[C@H]1CO. The monoisotopic (exact) mass is 433 g/mol. The summed E-state index contributed by atoms with van der Waals surface area (Å²) in [5, 5.41) is 17.6. The standard InChI is InChI=1S/C23H27N7O2/c1-14-11-30(15(2)16-4-5-18-19(8-16)25-7-6-24-18)17(13-31)12-29(14)20-9-22(32)28(3)21-10-26-27-23(20)21/h4-10,14-15,17,31H,11-13H2,1-3H3,(H,26,27)/t14-,15?,17-/m0/s1. The molecule has 166 valence electrons. The van der Waals surface area contributed by atoms with Crippen LogP contribution in [-0.4, -0.2) is 66.5 Å². The summed E-state index contributed by atoms with van der Waals surface area (Å²) in [5.41, 5.74) is 5.15. The lowest BCUT2D eigenvalue weighted by molar-refractivity contribution is 0.0656. The molecule has 1 unspecified atom stereocenters. The Kier molecular flexibility index (Phi) is 5.15. The Morgan fingerprint density at radius 2 is 1.97 bits per heavy atom. The fraction of sp³-hybridized carbons (Fsp3) is 0.391. The number of anilines is 1. The van der Waals surface area contributed by atoms with Crippen molar-refractivity contribution in [1.29, 1.82) is 0 Å². The van der Waals surface area contributed by atoms with Crippen LogP contribution in [0.3, 0.4) is 0 Å². The number of benzene rings is 1. The lowest BCUT2D eigenvalue weighted by Crippen LogP contribution is -2.59. The molecule has 0 amide bonds. The van der Waals surface area contributed by atoms with E-state index in [0.29, 0.717) is 6.54 Å². The van der Waals surface area contributed by atoms with E-state index < -0.39 is 0 Å². The predicted octanol–water partition coefficient (Wildman–Crippen LogP) is 1.84. The summed E-state index contributed by atoms with van der Waals surface area (Å²) < 4.78 is 1.59. The van der Waals surface area contributed by atoms with Crippen LogP contribution in [0.15, 0.2) is 47.7 Å². The fourth-order valence-electron chi connectivity index (χ4n) is 4.82. The molecule has 9 heteroatoms. The van der Waals surface area contributed by atoms with E-state index in [9.17, 15) is 9.90 Å². The molecule has 1 aliphatic rings. The highest BCUT2D eigenvalue weighted by Gasteiger charge is 2.35. The van der Waals surface area contributed by atoms with Crippen molar-refractivity contribution >= 4 is 27.8 Å². The maximum atomic E-state index is 12.5. The average Bonchev–Trinajstić information content (AvgIpc) is 3.31. The Labute approximate surface area is 185 Å². The molecule has 4 aromatic rings. The summed E-state index contributed by atoms with van der Waals surface area (Å²) >= 11 is 0. The van der Waals surface area contributed by atoms with Crippen molar-refractivity contribution in [3.63, 3.8) is 0 Å². The van der Waals surface area contributed by atoms with Crippen molar-refractivity contribution in [1.82, 2.24) is 29.6 Å². The second kappa shape index (κ2) is 7.99. The number of nitrogens with one attached hydrogen (secondary N) is 1. The molecule has 32 heavy (non-hydrogen) atoms. The number of aromatic nitrogens is 5. The van der Waals surface area contributed by atoms with Gasteiger partial charge < -0.3 is 14.6 Å². The number of H-pyrrole nitrogens is 1. The van der Waals surface area contributed by atoms with Crippen LogP contribution in [0.2, 0.25) is 0 Å². The highest BCUT2D eigenvalue weighted by Crippen LogP contribution is 2.32. The van der Waals surface area contributed by atoms with Crippen molar-refractivity contribution in [3.05, 3.63) is 58.8 Å². The zero-order valence-corrected chi connectivity index (χ0v) is 18.4. The molecule has 9 nitrogen and oxygen atoms in total. The molecule has 0 spiro atoms. The number of hydrogen-bond acceptors (Lipinski definition) is 7. The number of aliphatic hydroxyl groups excluding tert-OH is 1. The number of aryl methyl sites for hydroxylation is 1. The fourth-order valence-corrected chi connectivity index (χ4v) is 4.82. The van der Waals surface area contributed by atoms with Gasteiger partial charge in [-0.25, -0.2) is 0 Å². The molecule has 1 fully saturated rings.